The lowest BCUT2D eigenvalue weighted by molar-refractivity contribution is 0.762. The average molecular weight is 292 g/mol. The van der Waals surface area contributed by atoms with E-state index in [-0.39, 0.29) is 0 Å². The van der Waals surface area contributed by atoms with Crippen molar-refractivity contribution in [3.63, 3.8) is 0 Å². The number of aromatic nitrogens is 6. The van der Waals surface area contributed by atoms with Crippen LogP contribution in [-0.4, -0.2) is 28.7 Å². The number of rotatable bonds is 3. The van der Waals surface area contributed by atoms with E-state index in [9.17, 15) is 0 Å². The van der Waals surface area contributed by atoms with Crippen LogP contribution in [0.4, 0.5) is 0 Å². The van der Waals surface area contributed by atoms with Crippen molar-refractivity contribution in [2.45, 2.75) is 13.5 Å². The normalized spacial score (nSPS) is 11.4. The monoisotopic (exact) mass is 292 g/mol. The first-order chi connectivity index (χ1) is 10.8. The Hall–Kier alpha value is -2.89. The van der Waals surface area contributed by atoms with Crippen LogP contribution < -0.4 is 0 Å². The molecule has 0 atom stereocenters. The first-order valence-corrected chi connectivity index (χ1v) is 7.24. The van der Waals surface area contributed by atoms with Gasteiger partial charge in [0, 0.05) is 44.1 Å². The molecule has 0 aliphatic rings. The van der Waals surface area contributed by atoms with Crippen molar-refractivity contribution in [1.29, 1.82) is 0 Å². The molecule has 0 saturated heterocycles. The molecule has 0 radical (unpaired) electrons. The minimum Gasteiger partial charge on any atom is -0.334 e. The Balaban J connectivity index is 1.89. The molecule has 0 spiro atoms. The zero-order valence-corrected chi connectivity index (χ0v) is 12.5. The van der Waals surface area contributed by atoms with Gasteiger partial charge in [-0.25, -0.2) is 15.0 Å². The summed E-state index contributed by atoms with van der Waals surface area (Å²) < 4.78 is 6.16. The van der Waals surface area contributed by atoms with Crippen LogP contribution in [0.15, 0.2) is 49.3 Å². The van der Waals surface area contributed by atoms with E-state index < -0.39 is 0 Å². The molecule has 6 nitrogen and oxygen atoms in total. The van der Waals surface area contributed by atoms with Crippen molar-refractivity contribution in [2.75, 3.05) is 0 Å². The largest absolute Gasteiger partial charge is 0.334 e. The summed E-state index contributed by atoms with van der Waals surface area (Å²) in [5.74, 6) is 1.71. The van der Waals surface area contributed by atoms with Crippen LogP contribution >= 0.6 is 0 Å². The summed E-state index contributed by atoms with van der Waals surface area (Å²) in [5.41, 5.74) is 3.13. The Kier molecular flexibility index (Phi) is 2.82. The number of fused-ring (bicyclic) bond motifs is 1. The van der Waals surface area contributed by atoms with Crippen LogP contribution in [0.2, 0.25) is 0 Å². The van der Waals surface area contributed by atoms with E-state index in [2.05, 4.69) is 43.1 Å². The van der Waals surface area contributed by atoms with E-state index in [4.69, 9.17) is 0 Å². The second kappa shape index (κ2) is 4.84. The van der Waals surface area contributed by atoms with Gasteiger partial charge in [0.05, 0.1) is 17.4 Å². The lowest BCUT2D eigenvalue weighted by Crippen LogP contribution is -2.03. The lowest BCUT2D eigenvalue weighted by atomic mass is 10.2. The Morgan fingerprint density at radius 2 is 1.82 bits per heavy atom. The van der Waals surface area contributed by atoms with E-state index in [0.717, 1.165) is 34.9 Å². The fraction of sp³-hybridized carbons (Fsp3) is 0.188. The van der Waals surface area contributed by atoms with E-state index in [1.165, 1.54) is 0 Å². The van der Waals surface area contributed by atoms with E-state index in [0.29, 0.717) is 0 Å². The van der Waals surface area contributed by atoms with Gasteiger partial charge in [-0.3, -0.25) is 4.57 Å². The fourth-order valence-electron chi connectivity index (χ4n) is 2.71. The Morgan fingerprint density at radius 1 is 1.00 bits per heavy atom. The third-order valence-corrected chi connectivity index (χ3v) is 3.88. The van der Waals surface area contributed by atoms with Crippen LogP contribution in [0.1, 0.15) is 6.92 Å². The quantitative estimate of drug-likeness (QED) is 0.583. The second-order valence-corrected chi connectivity index (χ2v) is 5.19. The molecule has 4 aromatic rings. The third kappa shape index (κ3) is 1.84. The van der Waals surface area contributed by atoms with Crippen LogP contribution in [0.5, 0.6) is 0 Å². The molecule has 110 valence electrons. The van der Waals surface area contributed by atoms with Crippen molar-refractivity contribution < 1.29 is 0 Å². The van der Waals surface area contributed by atoms with Crippen LogP contribution in [0.25, 0.3) is 28.4 Å². The summed E-state index contributed by atoms with van der Waals surface area (Å²) in [4.78, 5) is 13.3. The molecule has 0 saturated carbocycles. The highest BCUT2D eigenvalue weighted by Crippen LogP contribution is 2.23. The summed E-state index contributed by atoms with van der Waals surface area (Å²) in [7, 11) is 2.00. The Bertz CT molecular complexity index is 943. The maximum atomic E-state index is 4.49. The molecule has 0 unspecified atom stereocenters. The van der Waals surface area contributed by atoms with Crippen LogP contribution in [-0.2, 0) is 13.6 Å². The van der Waals surface area contributed by atoms with Gasteiger partial charge in [0.15, 0.2) is 11.6 Å². The number of aryl methyl sites for hydroxylation is 2. The molecule has 0 amide bonds. The Labute approximate surface area is 127 Å². The number of hydrogen-bond donors (Lipinski definition) is 0. The summed E-state index contributed by atoms with van der Waals surface area (Å²) >= 11 is 0. The zero-order chi connectivity index (χ0) is 15.1. The van der Waals surface area contributed by atoms with E-state index >= 15 is 0 Å². The van der Waals surface area contributed by atoms with Gasteiger partial charge >= 0.3 is 0 Å². The summed E-state index contributed by atoms with van der Waals surface area (Å²) in [6, 6.07) is 6.20. The van der Waals surface area contributed by atoms with E-state index in [1.54, 1.807) is 6.20 Å². The summed E-state index contributed by atoms with van der Waals surface area (Å²) in [6.07, 6.45) is 9.37. The molecule has 0 bridgehead atoms. The lowest BCUT2D eigenvalue weighted by Gasteiger charge is -2.09. The van der Waals surface area contributed by atoms with Gasteiger partial charge in [0.1, 0.15) is 0 Å². The van der Waals surface area contributed by atoms with Gasteiger partial charge in [-0.15, -0.1) is 0 Å². The summed E-state index contributed by atoms with van der Waals surface area (Å²) in [6.45, 7) is 2.96. The second-order valence-electron chi connectivity index (χ2n) is 5.19. The predicted octanol–water partition coefficient (Wildman–Crippen LogP) is 2.64. The minimum absolute atomic E-state index is 0.841. The molecule has 0 aliphatic heterocycles. The molecule has 4 rings (SSSR count). The Morgan fingerprint density at radius 3 is 2.68 bits per heavy atom. The van der Waals surface area contributed by atoms with Gasteiger partial charge in [0.2, 0.25) is 0 Å². The zero-order valence-electron chi connectivity index (χ0n) is 12.5. The highest BCUT2D eigenvalue weighted by Gasteiger charge is 2.13. The molecule has 22 heavy (non-hydrogen) atoms. The molecular weight excluding hydrogens is 276 g/mol. The van der Waals surface area contributed by atoms with Gasteiger partial charge in [-0.05, 0) is 25.1 Å². The number of hydrogen-bond acceptors (Lipinski definition) is 3. The topological polar surface area (TPSA) is 53.5 Å². The first-order valence-electron chi connectivity index (χ1n) is 7.24. The van der Waals surface area contributed by atoms with Crippen LogP contribution in [0, 0.1) is 0 Å². The molecule has 0 aliphatic carbocycles. The first kappa shape index (κ1) is 12.8. The molecule has 1 aromatic carbocycles. The van der Waals surface area contributed by atoms with Crippen molar-refractivity contribution >= 4 is 11.0 Å². The van der Waals surface area contributed by atoms with Gasteiger partial charge in [-0.2, -0.15) is 0 Å². The van der Waals surface area contributed by atoms with Crippen molar-refractivity contribution in [3.8, 4) is 17.3 Å². The highest BCUT2D eigenvalue weighted by molar-refractivity contribution is 5.78. The average Bonchev–Trinajstić information content (AvgIpc) is 3.25. The molecule has 0 fully saturated rings. The number of nitrogens with zero attached hydrogens (tertiary/aromatic N) is 6. The SMILES string of the molecule is CCn1ccnc1-c1nccn1-c1ccc2ncn(C)c2c1. The summed E-state index contributed by atoms with van der Waals surface area (Å²) in [5, 5.41) is 0. The number of imidazole rings is 3. The predicted molar refractivity (Wildman–Crippen MR) is 84.7 cm³/mol. The standard InChI is InChI=1S/C16H16N6/c1-3-21-8-6-17-15(21)16-18-7-9-22(16)12-4-5-13-14(10-12)20(2)11-19-13/h4-11H,3H2,1-2H3. The van der Waals surface area contributed by atoms with Crippen molar-refractivity contribution in [2.24, 2.45) is 7.05 Å². The minimum atomic E-state index is 0.841. The van der Waals surface area contributed by atoms with Crippen LogP contribution in [0.3, 0.4) is 0 Å². The molecule has 0 N–H and O–H groups in total. The van der Waals surface area contributed by atoms with Crippen molar-refractivity contribution in [3.05, 3.63) is 49.3 Å². The maximum absolute atomic E-state index is 4.49. The molecular formula is C16H16N6. The molecule has 3 aromatic heterocycles. The van der Waals surface area contributed by atoms with Gasteiger partial charge in [-0.1, -0.05) is 0 Å². The third-order valence-electron chi connectivity index (χ3n) is 3.88. The smallest absolute Gasteiger partial charge is 0.181 e. The van der Waals surface area contributed by atoms with E-state index in [1.807, 2.05) is 42.6 Å². The van der Waals surface area contributed by atoms with Gasteiger partial charge < -0.3 is 9.13 Å². The molecule has 6 heteroatoms. The molecule has 3 heterocycles. The highest BCUT2D eigenvalue weighted by atomic mass is 15.2. The fourth-order valence-corrected chi connectivity index (χ4v) is 2.71. The number of benzene rings is 1. The van der Waals surface area contributed by atoms with Gasteiger partial charge in [0.25, 0.3) is 0 Å². The maximum Gasteiger partial charge on any atom is 0.181 e. The van der Waals surface area contributed by atoms with Crippen molar-refractivity contribution in [1.82, 2.24) is 28.7 Å².